The lowest BCUT2D eigenvalue weighted by Gasteiger charge is -2.37. The van der Waals surface area contributed by atoms with E-state index < -0.39 is 6.10 Å². The molecular weight excluding hydrogens is 430 g/mol. The highest BCUT2D eigenvalue weighted by Crippen LogP contribution is 2.33. The Hall–Kier alpha value is -3.20. The van der Waals surface area contributed by atoms with Crippen LogP contribution in [0.2, 0.25) is 0 Å². The molecular formula is C23H23N3O5S. The fraction of sp³-hybridized carbons (Fsp3) is 0.348. The topological polar surface area (TPSA) is 88.2 Å². The Balaban J connectivity index is 1.20. The summed E-state index contributed by atoms with van der Waals surface area (Å²) < 4.78 is 11.5. The Morgan fingerprint density at radius 1 is 1.00 bits per heavy atom. The van der Waals surface area contributed by atoms with Gasteiger partial charge in [-0.1, -0.05) is 12.1 Å². The first-order chi connectivity index (χ1) is 15.6. The molecule has 2 aromatic carbocycles. The second-order valence-corrected chi connectivity index (χ2v) is 8.98. The number of ether oxygens (including phenoxy) is 2. The molecule has 0 spiro atoms. The highest BCUT2D eigenvalue weighted by Gasteiger charge is 2.33. The molecule has 3 amide bonds. The largest absolute Gasteiger partial charge is 0.485 e. The van der Waals surface area contributed by atoms with Gasteiger partial charge in [-0.3, -0.25) is 14.4 Å². The van der Waals surface area contributed by atoms with Crippen molar-refractivity contribution in [2.75, 3.05) is 43.9 Å². The average molecular weight is 454 g/mol. The maximum atomic E-state index is 13.0. The number of hydrogen-bond acceptors (Lipinski definition) is 6. The van der Waals surface area contributed by atoms with Crippen molar-refractivity contribution in [3.8, 4) is 11.5 Å². The molecule has 166 valence electrons. The first kappa shape index (κ1) is 20.7. The van der Waals surface area contributed by atoms with Crippen LogP contribution in [0.5, 0.6) is 11.5 Å². The molecule has 3 aliphatic rings. The molecule has 1 unspecified atom stereocenters. The van der Waals surface area contributed by atoms with Gasteiger partial charge in [0.25, 0.3) is 11.8 Å². The predicted molar refractivity (Wildman–Crippen MR) is 119 cm³/mol. The number of hydrogen-bond donors (Lipinski definition) is 1. The first-order valence-electron chi connectivity index (χ1n) is 10.6. The minimum atomic E-state index is -0.683. The van der Waals surface area contributed by atoms with Crippen molar-refractivity contribution < 1.29 is 23.9 Å². The van der Waals surface area contributed by atoms with Crippen molar-refractivity contribution in [3.63, 3.8) is 0 Å². The van der Waals surface area contributed by atoms with Crippen LogP contribution in [0.25, 0.3) is 0 Å². The maximum absolute atomic E-state index is 13.0. The Kier molecular flexibility index (Phi) is 5.65. The van der Waals surface area contributed by atoms with E-state index in [-0.39, 0.29) is 24.3 Å². The third-order valence-corrected chi connectivity index (χ3v) is 6.83. The zero-order chi connectivity index (χ0) is 22.1. The number of nitrogens with one attached hydrogen (secondary N) is 1. The van der Waals surface area contributed by atoms with Crippen LogP contribution in [0.4, 0.5) is 5.69 Å². The van der Waals surface area contributed by atoms with Gasteiger partial charge in [-0.05, 0) is 30.3 Å². The van der Waals surface area contributed by atoms with Crippen LogP contribution in [0.3, 0.4) is 0 Å². The smallest absolute Gasteiger partial charge is 0.267 e. The number of fused-ring (bicyclic) bond motifs is 2. The van der Waals surface area contributed by atoms with Gasteiger partial charge in [-0.25, -0.2) is 0 Å². The highest BCUT2D eigenvalue weighted by molar-refractivity contribution is 7.99. The molecule has 0 aromatic heterocycles. The summed E-state index contributed by atoms with van der Waals surface area (Å²) in [5.74, 6) is 1.67. The summed E-state index contributed by atoms with van der Waals surface area (Å²) in [5, 5.41) is 2.88. The molecule has 0 radical (unpaired) electrons. The van der Waals surface area contributed by atoms with Crippen LogP contribution in [-0.4, -0.2) is 72.2 Å². The third-order valence-electron chi connectivity index (χ3n) is 5.75. The molecule has 5 rings (SSSR count). The van der Waals surface area contributed by atoms with Crippen LogP contribution in [0, 0.1) is 0 Å². The number of carbonyl (C=O) groups is 3. The third kappa shape index (κ3) is 4.12. The van der Waals surface area contributed by atoms with E-state index in [4.69, 9.17) is 9.47 Å². The minimum absolute atomic E-state index is 0.0375. The van der Waals surface area contributed by atoms with Gasteiger partial charge in [0.1, 0.15) is 6.61 Å². The van der Waals surface area contributed by atoms with Crippen LogP contribution in [-0.2, 0) is 9.59 Å². The maximum Gasteiger partial charge on any atom is 0.267 e. The highest BCUT2D eigenvalue weighted by atomic mass is 32.2. The summed E-state index contributed by atoms with van der Waals surface area (Å²) in [6.07, 6.45) is -0.224. The molecule has 0 saturated carbocycles. The Labute approximate surface area is 189 Å². The van der Waals surface area contributed by atoms with Gasteiger partial charge < -0.3 is 24.6 Å². The van der Waals surface area contributed by atoms with E-state index in [1.807, 2.05) is 24.3 Å². The summed E-state index contributed by atoms with van der Waals surface area (Å²) in [5.41, 5.74) is 1.22. The molecule has 1 saturated heterocycles. The predicted octanol–water partition coefficient (Wildman–Crippen LogP) is 2.25. The summed E-state index contributed by atoms with van der Waals surface area (Å²) >= 11 is 1.61. The van der Waals surface area contributed by atoms with Crippen LogP contribution >= 0.6 is 11.8 Å². The van der Waals surface area contributed by atoms with Gasteiger partial charge in [0, 0.05) is 48.8 Å². The van der Waals surface area contributed by atoms with Gasteiger partial charge in [-0.2, -0.15) is 0 Å². The van der Waals surface area contributed by atoms with Crippen LogP contribution in [0.15, 0.2) is 47.4 Å². The number of benzene rings is 2. The number of rotatable bonds is 2. The second-order valence-electron chi connectivity index (χ2n) is 7.84. The van der Waals surface area contributed by atoms with Gasteiger partial charge >= 0.3 is 0 Å². The van der Waals surface area contributed by atoms with E-state index in [1.165, 1.54) is 0 Å². The van der Waals surface area contributed by atoms with Gasteiger partial charge in [-0.15, -0.1) is 11.8 Å². The quantitative estimate of drug-likeness (QED) is 0.751. The fourth-order valence-electron chi connectivity index (χ4n) is 4.01. The van der Waals surface area contributed by atoms with E-state index in [2.05, 4.69) is 5.32 Å². The summed E-state index contributed by atoms with van der Waals surface area (Å²) in [4.78, 5) is 42.2. The normalized spacial score (nSPS) is 20.1. The Morgan fingerprint density at radius 3 is 2.56 bits per heavy atom. The molecule has 3 aliphatic heterocycles. The van der Waals surface area contributed by atoms with E-state index in [0.29, 0.717) is 55.3 Å². The van der Waals surface area contributed by atoms with E-state index >= 15 is 0 Å². The van der Waals surface area contributed by atoms with Crippen molar-refractivity contribution in [3.05, 3.63) is 48.0 Å². The lowest BCUT2D eigenvalue weighted by atomic mass is 10.1. The van der Waals surface area contributed by atoms with E-state index in [0.717, 1.165) is 10.6 Å². The SMILES string of the molecule is O=C1CCSc2ccc(C(=O)N3CCN(C(=O)C4COc5ccccc5O4)CC3)cc2N1. The number of anilines is 1. The fourth-order valence-corrected chi connectivity index (χ4v) is 4.95. The molecule has 3 heterocycles. The number of piperazine rings is 1. The van der Waals surface area contributed by atoms with Crippen molar-refractivity contribution in [1.29, 1.82) is 0 Å². The Morgan fingerprint density at radius 2 is 1.75 bits per heavy atom. The molecule has 8 nitrogen and oxygen atoms in total. The number of amides is 3. The summed E-state index contributed by atoms with van der Waals surface area (Å²) in [6.45, 7) is 1.92. The van der Waals surface area contributed by atoms with Crippen molar-refractivity contribution >= 4 is 35.2 Å². The second kappa shape index (κ2) is 8.74. The van der Waals surface area contributed by atoms with Crippen molar-refractivity contribution in [2.24, 2.45) is 0 Å². The zero-order valence-corrected chi connectivity index (χ0v) is 18.2. The molecule has 1 fully saturated rings. The monoisotopic (exact) mass is 453 g/mol. The van der Waals surface area contributed by atoms with Gasteiger partial charge in [0.2, 0.25) is 12.0 Å². The average Bonchev–Trinajstić information content (AvgIpc) is 3.02. The molecule has 2 aromatic rings. The number of nitrogens with zero attached hydrogens (tertiary/aromatic N) is 2. The van der Waals surface area contributed by atoms with Gasteiger partial charge in [0.15, 0.2) is 11.5 Å². The minimum Gasteiger partial charge on any atom is -0.485 e. The Bertz CT molecular complexity index is 1070. The molecule has 1 N–H and O–H groups in total. The van der Waals surface area contributed by atoms with Crippen molar-refractivity contribution in [1.82, 2.24) is 9.80 Å². The number of para-hydroxylation sites is 2. The van der Waals surface area contributed by atoms with Crippen molar-refractivity contribution in [2.45, 2.75) is 17.4 Å². The molecule has 1 atom stereocenters. The van der Waals surface area contributed by atoms with E-state index in [1.54, 1.807) is 39.8 Å². The summed E-state index contributed by atoms with van der Waals surface area (Å²) in [7, 11) is 0. The van der Waals surface area contributed by atoms with Crippen LogP contribution < -0.4 is 14.8 Å². The van der Waals surface area contributed by atoms with E-state index in [9.17, 15) is 14.4 Å². The molecule has 32 heavy (non-hydrogen) atoms. The lowest BCUT2D eigenvalue weighted by Crippen LogP contribution is -2.55. The molecule has 9 heteroatoms. The summed E-state index contributed by atoms with van der Waals surface area (Å²) in [6, 6.07) is 12.7. The number of thioether (sulfide) groups is 1. The first-order valence-corrected chi connectivity index (χ1v) is 11.6. The zero-order valence-electron chi connectivity index (χ0n) is 17.4. The number of carbonyl (C=O) groups excluding carboxylic acids is 3. The standard InChI is InChI=1S/C23H23N3O5S/c27-21-7-12-32-20-6-5-15(13-16(20)24-21)22(28)25-8-10-26(11-9-25)23(29)19-14-30-17-3-1-2-4-18(17)31-19/h1-6,13,19H,7-12,14H2,(H,24,27). The molecule has 0 bridgehead atoms. The lowest BCUT2D eigenvalue weighted by molar-refractivity contribution is -0.142. The van der Waals surface area contributed by atoms with Crippen LogP contribution in [0.1, 0.15) is 16.8 Å². The van der Waals surface area contributed by atoms with Gasteiger partial charge in [0.05, 0.1) is 5.69 Å². The molecule has 0 aliphatic carbocycles.